The Morgan fingerprint density at radius 2 is 2.05 bits per heavy atom. The number of carbonyl (C=O) groups is 1. The Morgan fingerprint density at radius 1 is 1.38 bits per heavy atom. The Morgan fingerprint density at radius 3 is 2.71 bits per heavy atom. The quantitative estimate of drug-likeness (QED) is 0.830. The van der Waals surface area contributed by atoms with Gasteiger partial charge in [-0.25, -0.2) is 0 Å². The first kappa shape index (κ1) is 16.5. The van der Waals surface area contributed by atoms with Crippen LogP contribution in [0.25, 0.3) is 0 Å². The van der Waals surface area contributed by atoms with Crippen LogP contribution >= 0.6 is 27.7 Å². The van der Waals surface area contributed by atoms with E-state index in [1.54, 1.807) is 11.8 Å². The monoisotopic (exact) mass is 373 g/mol. The molecule has 4 nitrogen and oxygen atoms in total. The maximum absolute atomic E-state index is 11.9. The predicted molar refractivity (Wildman–Crippen MR) is 89.2 cm³/mol. The fraction of sp³-hybridized carbons (Fsp3) is 0.533. The molecule has 0 fully saturated rings. The minimum atomic E-state index is -0.0725. The van der Waals surface area contributed by atoms with Crippen molar-refractivity contribution in [3.8, 4) is 11.5 Å². The van der Waals surface area contributed by atoms with Crippen molar-refractivity contribution in [3.63, 3.8) is 0 Å². The number of benzene rings is 1. The lowest BCUT2D eigenvalue weighted by Gasteiger charge is -2.20. The molecule has 0 spiro atoms. The van der Waals surface area contributed by atoms with Crippen LogP contribution in [0.3, 0.4) is 0 Å². The first-order chi connectivity index (χ1) is 10.1. The van der Waals surface area contributed by atoms with E-state index in [1.165, 1.54) is 0 Å². The van der Waals surface area contributed by atoms with E-state index in [2.05, 4.69) is 21.2 Å². The van der Waals surface area contributed by atoms with Crippen LogP contribution in [0.15, 0.2) is 16.6 Å². The van der Waals surface area contributed by atoms with E-state index in [0.717, 1.165) is 40.3 Å². The number of hydrogen-bond donors (Lipinski definition) is 1. The van der Waals surface area contributed by atoms with Crippen LogP contribution in [0, 0.1) is 0 Å². The molecule has 1 N–H and O–H groups in total. The van der Waals surface area contributed by atoms with Crippen molar-refractivity contribution in [2.24, 2.45) is 0 Å². The van der Waals surface area contributed by atoms with Gasteiger partial charge in [-0.05, 0) is 31.0 Å². The molecule has 0 saturated heterocycles. The van der Waals surface area contributed by atoms with Crippen LogP contribution in [0.5, 0.6) is 11.5 Å². The summed E-state index contributed by atoms with van der Waals surface area (Å²) in [4.78, 5) is 11.9. The van der Waals surface area contributed by atoms with E-state index < -0.39 is 0 Å². The maximum atomic E-state index is 11.9. The summed E-state index contributed by atoms with van der Waals surface area (Å²) >= 11 is 5.17. The summed E-state index contributed by atoms with van der Waals surface area (Å²) < 4.78 is 12.1. The van der Waals surface area contributed by atoms with Gasteiger partial charge in [-0.3, -0.25) is 4.79 Å². The van der Waals surface area contributed by atoms with Gasteiger partial charge in [-0.1, -0.05) is 22.9 Å². The number of ether oxygens (including phenoxy) is 2. The molecule has 0 aromatic heterocycles. The lowest BCUT2D eigenvalue weighted by atomic mass is 10.2. The summed E-state index contributed by atoms with van der Waals surface area (Å²) in [6, 6.07) is 3.93. The number of carbonyl (C=O) groups excluding carboxylic acids is 1. The van der Waals surface area contributed by atoms with Gasteiger partial charge in [0.25, 0.3) is 0 Å². The van der Waals surface area contributed by atoms with E-state index in [0.29, 0.717) is 13.2 Å². The zero-order valence-electron chi connectivity index (χ0n) is 12.3. The number of amides is 1. The van der Waals surface area contributed by atoms with Crippen LogP contribution in [0.4, 0.5) is 0 Å². The number of rotatable bonds is 6. The fourth-order valence-corrected chi connectivity index (χ4v) is 3.45. The van der Waals surface area contributed by atoms with Gasteiger partial charge in [-0.2, -0.15) is 0 Å². The first-order valence-corrected chi connectivity index (χ1v) is 8.93. The number of nitrogens with one attached hydrogen (secondary N) is 1. The molecule has 1 unspecified atom stereocenters. The molecule has 1 aliphatic heterocycles. The smallest absolute Gasteiger partial charge is 0.232 e. The van der Waals surface area contributed by atoms with E-state index in [-0.39, 0.29) is 11.2 Å². The first-order valence-electron chi connectivity index (χ1n) is 7.09. The molecule has 0 bridgehead atoms. The van der Waals surface area contributed by atoms with Crippen molar-refractivity contribution in [2.75, 3.05) is 19.8 Å². The minimum absolute atomic E-state index is 0.0725. The van der Waals surface area contributed by atoms with Crippen molar-refractivity contribution in [2.45, 2.75) is 31.3 Å². The minimum Gasteiger partial charge on any atom is -0.486 e. The van der Waals surface area contributed by atoms with Crippen LogP contribution in [-0.4, -0.2) is 30.9 Å². The van der Waals surface area contributed by atoms with Gasteiger partial charge >= 0.3 is 0 Å². The summed E-state index contributed by atoms with van der Waals surface area (Å²) in [6.45, 7) is 5.88. The van der Waals surface area contributed by atoms with Gasteiger partial charge in [-0.15, -0.1) is 11.8 Å². The molecule has 6 heteroatoms. The summed E-state index contributed by atoms with van der Waals surface area (Å²) in [5, 5.41) is 2.84. The van der Waals surface area contributed by atoms with Gasteiger partial charge in [0.05, 0.1) is 5.25 Å². The number of fused-ring (bicyclic) bond motifs is 1. The highest BCUT2D eigenvalue weighted by Gasteiger charge is 2.17. The van der Waals surface area contributed by atoms with Gasteiger partial charge in [0, 0.05) is 16.8 Å². The molecule has 0 radical (unpaired) electrons. The Balaban J connectivity index is 1.95. The second-order valence-corrected chi connectivity index (χ2v) is 7.01. The zero-order chi connectivity index (χ0) is 15.2. The van der Waals surface area contributed by atoms with E-state index >= 15 is 0 Å². The SMILES string of the molecule is CCCNC(=O)C(C)SCc1cc2c(cc1Br)OCCO2. The van der Waals surface area contributed by atoms with Crippen molar-refractivity contribution < 1.29 is 14.3 Å². The van der Waals surface area contributed by atoms with Gasteiger partial charge in [0.15, 0.2) is 11.5 Å². The Bertz CT molecular complexity index is 510. The van der Waals surface area contributed by atoms with Crippen LogP contribution in [-0.2, 0) is 10.5 Å². The summed E-state index contributed by atoms with van der Waals surface area (Å²) in [6.07, 6.45) is 0.955. The second-order valence-electron chi connectivity index (χ2n) is 4.83. The van der Waals surface area contributed by atoms with Crippen LogP contribution in [0.1, 0.15) is 25.8 Å². The Hall–Kier alpha value is -0.880. The second kappa shape index (κ2) is 7.94. The van der Waals surface area contributed by atoms with Gasteiger partial charge < -0.3 is 14.8 Å². The van der Waals surface area contributed by atoms with Crippen LogP contribution < -0.4 is 14.8 Å². The van der Waals surface area contributed by atoms with Crippen molar-refractivity contribution in [3.05, 3.63) is 22.2 Å². The average molecular weight is 374 g/mol. The van der Waals surface area contributed by atoms with Crippen LogP contribution in [0.2, 0.25) is 0 Å². The van der Waals surface area contributed by atoms with Gasteiger partial charge in [0.2, 0.25) is 5.91 Å². The van der Waals surface area contributed by atoms with Gasteiger partial charge in [0.1, 0.15) is 13.2 Å². The number of halogens is 1. The number of hydrogen-bond acceptors (Lipinski definition) is 4. The number of thioether (sulfide) groups is 1. The van der Waals surface area contributed by atoms with Crippen molar-refractivity contribution in [1.82, 2.24) is 5.32 Å². The predicted octanol–water partition coefficient (Wildman–Crippen LogP) is 3.37. The molecule has 1 amide bonds. The van der Waals surface area contributed by atoms with Crippen molar-refractivity contribution >= 4 is 33.6 Å². The third kappa shape index (κ3) is 4.54. The lowest BCUT2D eigenvalue weighted by molar-refractivity contribution is -0.120. The highest BCUT2D eigenvalue weighted by Crippen LogP contribution is 2.37. The van der Waals surface area contributed by atoms with Crippen molar-refractivity contribution in [1.29, 1.82) is 0 Å². The zero-order valence-corrected chi connectivity index (χ0v) is 14.7. The molecule has 1 aromatic carbocycles. The molecule has 0 saturated carbocycles. The summed E-state index contributed by atoms with van der Waals surface area (Å²) in [5.74, 6) is 2.40. The average Bonchev–Trinajstić information content (AvgIpc) is 2.50. The molecular formula is C15H20BrNO3S. The molecule has 1 atom stereocenters. The van der Waals surface area contributed by atoms with E-state index in [1.807, 2.05) is 26.0 Å². The highest BCUT2D eigenvalue weighted by molar-refractivity contribution is 9.10. The fourth-order valence-electron chi connectivity index (χ4n) is 1.90. The molecule has 1 aromatic rings. The van der Waals surface area contributed by atoms with E-state index in [4.69, 9.17) is 9.47 Å². The standard InChI is InChI=1S/C15H20BrNO3S/c1-3-4-17-15(18)10(2)21-9-11-7-13-14(8-12(11)16)20-6-5-19-13/h7-8,10H,3-6,9H2,1-2H3,(H,17,18). The summed E-state index contributed by atoms with van der Waals surface area (Å²) in [7, 11) is 0. The Kier molecular flexibility index (Phi) is 6.23. The molecular weight excluding hydrogens is 354 g/mol. The third-order valence-electron chi connectivity index (χ3n) is 3.12. The lowest BCUT2D eigenvalue weighted by Crippen LogP contribution is -2.31. The maximum Gasteiger partial charge on any atom is 0.232 e. The molecule has 0 aliphatic carbocycles. The molecule has 2 rings (SSSR count). The Labute approximate surface area is 138 Å². The van der Waals surface area contributed by atoms with E-state index in [9.17, 15) is 4.79 Å². The molecule has 1 aliphatic rings. The molecule has 116 valence electrons. The highest BCUT2D eigenvalue weighted by atomic mass is 79.9. The normalized spacial score (nSPS) is 14.6. The molecule has 1 heterocycles. The topological polar surface area (TPSA) is 47.6 Å². The molecule has 21 heavy (non-hydrogen) atoms. The largest absolute Gasteiger partial charge is 0.486 e. The summed E-state index contributed by atoms with van der Waals surface area (Å²) in [5.41, 5.74) is 1.11. The third-order valence-corrected chi connectivity index (χ3v) is 5.05.